The lowest BCUT2D eigenvalue weighted by molar-refractivity contribution is 0.0685. The molecular formula is C14H10O5. The molecule has 0 aliphatic heterocycles. The van der Waals surface area contributed by atoms with Crippen molar-refractivity contribution in [1.82, 2.24) is 0 Å². The number of carbonyl (C=O) groups is 2. The molecule has 2 rings (SSSR count). The van der Waals surface area contributed by atoms with Crippen molar-refractivity contribution < 1.29 is 24.9 Å². The van der Waals surface area contributed by atoms with E-state index in [2.05, 4.69) is 0 Å². The van der Waals surface area contributed by atoms with E-state index < -0.39 is 11.9 Å². The second kappa shape index (κ2) is 4.81. The van der Waals surface area contributed by atoms with Crippen LogP contribution in [-0.2, 0) is 0 Å². The Morgan fingerprint density at radius 1 is 0.842 bits per heavy atom. The predicted molar refractivity (Wildman–Crippen MR) is 67.5 cm³/mol. The zero-order chi connectivity index (χ0) is 14.0. The summed E-state index contributed by atoms with van der Waals surface area (Å²) in [5, 5.41) is 27.5. The van der Waals surface area contributed by atoms with Crippen LogP contribution in [0.3, 0.4) is 0 Å². The molecule has 0 radical (unpaired) electrons. The van der Waals surface area contributed by atoms with E-state index >= 15 is 0 Å². The first-order valence-electron chi connectivity index (χ1n) is 5.39. The Morgan fingerprint density at radius 3 is 2.11 bits per heavy atom. The molecule has 2 aromatic rings. The fourth-order valence-corrected chi connectivity index (χ4v) is 1.80. The Kier molecular flexibility index (Phi) is 3.20. The summed E-state index contributed by atoms with van der Waals surface area (Å²) in [7, 11) is 0. The van der Waals surface area contributed by atoms with Gasteiger partial charge in [-0.15, -0.1) is 0 Å². The van der Waals surface area contributed by atoms with Crippen LogP contribution in [0.1, 0.15) is 20.7 Å². The zero-order valence-corrected chi connectivity index (χ0v) is 9.70. The first kappa shape index (κ1) is 12.6. The van der Waals surface area contributed by atoms with Crippen molar-refractivity contribution in [3.8, 4) is 16.9 Å². The van der Waals surface area contributed by atoms with Gasteiger partial charge in [-0.3, -0.25) is 0 Å². The maximum atomic E-state index is 11.1. The Bertz CT molecular complexity index is 661. The Hall–Kier alpha value is -2.82. The summed E-state index contributed by atoms with van der Waals surface area (Å²) in [5.41, 5.74) is 0.632. The molecule has 0 heterocycles. The lowest BCUT2D eigenvalue weighted by atomic mass is 9.98. The van der Waals surface area contributed by atoms with Crippen molar-refractivity contribution in [2.45, 2.75) is 0 Å². The topological polar surface area (TPSA) is 94.8 Å². The van der Waals surface area contributed by atoms with E-state index in [0.717, 1.165) is 0 Å². The molecular weight excluding hydrogens is 248 g/mol. The molecule has 0 unspecified atom stereocenters. The van der Waals surface area contributed by atoms with Crippen LogP contribution < -0.4 is 0 Å². The number of carboxylic acids is 2. The second-order valence-corrected chi connectivity index (χ2v) is 3.89. The highest BCUT2D eigenvalue weighted by Gasteiger charge is 2.15. The minimum Gasteiger partial charge on any atom is -0.507 e. The van der Waals surface area contributed by atoms with Gasteiger partial charge in [0.1, 0.15) is 11.3 Å². The van der Waals surface area contributed by atoms with Gasteiger partial charge in [-0.2, -0.15) is 0 Å². The van der Waals surface area contributed by atoms with Gasteiger partial charge in [0.15, 0.2) is 0 Å². The third kappa shape index (κ3) is 2.40. The normalized spacial score (nSPS) is 10.1. The molecule has 0 spiro atoms. The van der Waals surface area contributed by atoms with Crippen LogP contribution in [0.2, 0.25) is 0 Å². The highest BCUT2D eigenvalue weighted by molar-refractivity contribution is 5.98. The Balaban J connectivity index is 2.63. The molecule has 0 atom stereocenters. The number of aromatic carboxylic acids is 2. The quantitative estimate of drug-likeness (QED) is 0.786. The van der Waals surface area contributed by atoms with Gasteiger partial charge >= 0.3 is 11.9 Å². The average Bonchev–Trinajstić information content (AvgIpc) is 2.39. The SMILES string of the molecule is O=C(O)c1cc(-c2ccccc2C(=O)O)ccc1O. The molecule has 0 fully saturated rings. The molecule has 0 amide bonds. The third-order valence-electron chi connectivity index (χ3n) is 2.70. The summed E-state index contributed by atoms with van der Waals surface area (Å²) >= 11 is 0. The van der Waals surface area contributed by atoms with Gasteiger partial charge in [-0.05, 0) is 29.3 Å². The van der Waals surface area contributed by atoms with Crippen LogP contribution in [0, 0.1) is 0 Å². The summed E-state index contributed by atoms with van der Waals surface area (Å²) in [6, 6.07) is 10.2. The largest absolute Gasteiger partial charge is 0.507 e. The molecule has 5 heteroatoms. The maximum absolute atomic E-state index is 11.1. The number of benzene rings is 2. The summed E-state index contributed by atoms with van der Waals surface area (Å²) in [5.74, 6) is -2.73. The van der Waals surface area contributed by atoms with E-state index in [0.29, 0.717) is 11.1 Å². The van der Waals surface area contributed by atoms with Crippen LogP contribution in [-0.4, -0.2) is 27.3 Å². The maximum Gasteiger partial charge on any atom is 0.339 e. The van der Waals surface area contributed by atoms with E-state index in [1.54, 1.807) is 18.2 Å². The molecule has 0 aliphatic carbocycles. The number of phenols is 1. The number of hydrogen-bond donors (Lipinski definition) is 3. The van der Waals surface area contributed by atoms with E-state index in [-0.39, 0.29) is 16.9 Å². The molecule has 3 N–H and O–H groups in total. The molecule has 0 saturated heterocycles. The monoisotopic (exact) mass is 258 g/mol. The van der Waals surface area contributed by atoms with Crippen molar-refractivity contribution in [3.05, 3.63) is 53.6 Å². The molecule has 19 heavy (non-hydrogen) atoms. The molecule has 0 aliphatic rings. The van der Waals surface area contributed by atoms with E-state index in [9.17, 15) is 14.7 Å². The molecule has 0 aromatic heterocycles. The molecule has 0 saturated carbocycles. The van der Waals surface area contributed by atoms with Gasteiger partial charge in [0, 0.05) is 0 Å². The summed E-state index contributed by atoms with van der Waals surface area (Å²) in [4.78, 5) is 22.1. The van der Waals surface area contributed by atoms with Crippen molar-refractivity contribution in [2.75, 3.05) is 0 Å². The fourth-order valence-electron chi connectivity index (χ4n) is 1.80. The van der Waals surface area contributed by atoms with Crippen LogP contribution >= 0.6 is 0 Å². The second-order valence-electron chi connectivity index (χ2n) is 3.89. The van der Waals surface area contributed by atoms with Crippen molar-refractivity contribution in [1.29, 1.82) is 0 Å². The first-order valence-corrected chi connectivity index (χ1v) is 5.39. The molecule has 2 aromatic carbocycles. The van der Waals surface area contributed by atoms with Gasteiger partial charge in [0.2, 0.25) is 0 Å². The fraction of sp³-hybridized carbons (Fsp3) is 0. The average molecular weight is 258 g/mol. The smallest absolute Gasteiger partial charge is 0.339 e. The van der Waals surface area contributed by atoms with E-state index in [1.165, 1.54) is 24.3 Å². The van der Waals surface area contributed by atoms with Crippen LogP contribution in [0.5, 0.6) is 5.75 Å². The Morgan fingerprint density at radius 2 is 1.47 bits per heavy atom. The number of carboxylic acid groups (broad SMARTS) is 2. The number of rotatable bonds is 3. The summed E-state index contributed by atoms with van der Waals surface area (Å²) in [6.07, 6.45) is 0. The van der Waals surface area contributed by atoms with Crippen molar-refractivity contribution in [3.63, 3.8) is 0 Å². The minimum absolute atomic E-state index is 0.0736. The first-order chi connectivity index (χ1) is 9.00. The lowest BCUT2D eigenvalue weighted by Gasteiger charge is -2.08. The molecule has 96 valence electrons. The molecule has 5 nitrogen and oxygen atoms in total. The van der Waals surface area contributed by atoms with Gasteiger partial charge in [0.05, 0.1) is 5.56 Å². The zero-order valence-electron chi connectivity index (χ0n) is 9.70. The van der Waals surface area contributed by atoms with Gasteiger partial charge in [0.25, 0.3) is 0 Å². The van der Waals surface area contributed by atoms with Crippen LogP contribution in [0.4, 0.5) is 0 Å². The van der Waals surface area contributed by atoms with Gasteiger partial charge in [-0.1, -0.05) is 24.3 Å². The van der Waals surface area contributed by atoms with Crippen molar-refractivity contribution >= 4 is 11.9 Å². The number of hydrogen-bond acceptors (Lipinski definition) is 3. The minimum atomic E-state index is -1.27. The lowest BCUT2D eigenvalue weighted by Crippen LogP contribution is -2.01. The van der Waals surface area contributed by atoms with E-state index in [1.807, 2.05) is 0 Å². The van der Waals surface area contributed by atoms with Crippen LogP contribution in [0.15, 0.2) is 42.5 Å². The molecule has 0 bridgehead atoms. The highest BCUT2D eigenvalue weighted by Crippen LogP contribution is 2.28. The van der Waals surface area contributed by atoms with Crippen molar-refractivity contribution in [2.24, 2.45) is 0 Å². The summed E-state index contributed by atoms with van der Waals surface area (Å²) in [6.45, 7) is 0. The predicted octanol–water partition coefficient (Wildman–Crippen LogP) is 2.46. The van der Waals surface area contributed by atoms with E-state index in [4.69, 9.17) is 10.2 Å². The Labute approximate surface area is 108 Å². The number of aromatic hydroxyl groups is 1. The van der Waals surface area contributed by atoms with Crippen LogP contribution in [0.25, 0.3) is 11.1 Å². The third-order valence-corrected chi connectivity index (χ3v) is 2.70. The summed E-state index contributed by atoms with van der Waals surface area (Å²) < 4.78 is 0. The van der Waals surface area contributed by atoms with Gasteiger partial charge in [-0.25, -0.2) is 9.59 Å². The van der Waals surface area contributed by atoms with Gasteiger partial charge < -0.3 is 15.3 Å². The highest BCUT2D eigenvalue weighted by atomic mass is 16.4. The standard InChI is InChI=1S/C14H10O5/c15-12-6-5-8(7-11(12)14(18)19)9-3-1-2-4-10(9)13(16)17/h1-7,15H,(H,16,17)(H,18,19).